The van der Waals surface area contributed by atoms with Crippen molar-refractivity contribution in [2.45, 2.75) is 25.8 Å². The smallest absolute Gasteiger partial charge is 0.291 e. The van der Waals surface area contributed by atoms with Crippen molar-refractivity contribution in [1.29, 1.82) is 0 Å². The first kappa shape index (κ1) is 15.5. The highest BCUT2D eigenvalue weighted by Gasteiger charge is 2.31. The van der Waals surface area contributed by atoms with E-state index in [1.54, 1.807) is 6.07 Å². The van der Waals surface area contributed by atoms with Crippen molar-refractivity contribution in [1.82, 2.24) is 4.90 Å². The van der Waals surface area contributed by atoms with Crippen LogP contribution in [0.1, 0.15) is 30.3 Å². The van der Waals surface area contributed by atoms with Crippen LogP contribution in [0.2, 0.25) is 0 Å². The number of likely N-dealkylation sites (tertiary alicyclic amines) is 1. The van der Waals surface area contributed by atoms with Gasteiger partial charge in [-0.15, -0.1) is 12.4 Å². The first-order valence-electron chi connectivity index (χ1n) is 5.87. The molecule has 18 heavy (non-hydrogen) atoms. The van der Waals surface area contributed by atoms with Gasteiger partial charge >= 0.3 is 0 Å². The molecule has 0 spiro atoms. The third kappa shape index (κ3) is 3.08. The largest absolute Gasteiger partial charge is 0.458 e. The lowest BCUT2D eigenvalue weighted by Gasteiger charge is -2.37. The Labute approximate surface area is 121 Å². The van der Waals surface area contributed by atoms with E-state index in [0.717, 1.165) is 19.4 Å². The van der Waals surface area contributed by atoms with E-state index in [0.29, 0.717) is 22.7 Å². The van der Waals surface area contributed by atoms with Gasteiger partial charge in [-0.25, -0.2) is 0 Å². The second-order valence-corrected chi connectivity index (χ2v) is 5.47. The standard InChI is InChI=1S/C12H17BrN2O2.ClH/c1-8-2-4-15(9(6-8)7-14)12(16)11-10(13)3-5-17-11;/h3,5,8-9H,2,4,6-7,14H2,1H3;1H. The zero-order chi connectivity index (χ0) is 12.4. The van der Waals surface area contributed by atoms with Crippen molar-refractivity contribution < 1.29 is 9.21 Å². The van der Waals surface area contributed by atoms with Gasteiger partial charge in [-0.2, -0.15) is 0 Å². The molecule has 2 unspecified atom stereocenters. The van der Waals surface area contributed by atoms with E-state index in [2.05, 4.69) is 22.9 Å². The number of hydrogen-bond donors (Lipinski definition) is 1. The maximum Gasteiger partial charge on any atom is 0.291 e. The summed E-state index contributed by atoms with van der Waals surface area (Å²) in [4.78, 5) is 14.1. The summed E-state index contributed by atoms with van der Waals surface area (Å²) in [6, 6.07) is 1.86. The van der Waals surface area contributed by atoms with Crippen LogP contribution in [0.5, 0.6) is 0 Å². The monoisotopic (exact) mass is 336 g/mol. The molecule has 2 N–H and O–H groups in total. The molecule has 1 aliphatic rings. The SMILES string of the molecule is CC1CCN(C(=O)c2occc2Br)C(CN)C1.Cl. The van der Waals surface area contributed by atoms with Gasteiger partial charge in [-0.1, -0.05) is 6.92 Å². The van der Waals surface area contributed by atoms with E-state index in [1.165, 1.54) is 6.26 Å². The Morgan fingerprint density at radius 2 is 2.39 bits per heavy atom. The lowest BCUT2D eigenvalue weighted by molar-refractivity contribution is 0.0540. The number of carbonyl (C=O) groups is 1. The van der Waals surface area contributed by atoms with Crippen molar-refractivity contribution >= 4 is 34.2 Å². The second kappa shape index (κ2) is 6.59. The van der Waals surface area contributed by atoms with Gasteiger partial charge in [0.05, 0.1) is 10.7 Å². The molecule has 1 fully saturated rings. The summed E-state index contributed by atoms with van der Waals surface area (Å²) in [5.41, 5.74) is 5.75. The number of halogens is 2. The Kier molecular flexibility index (Phi) is 5.69. The van der Waals surface area contributed by atoms with Crippen LogP contribution in [0.25, 0.3) is 0 Å². The fourth-order valence-electron chi connectivity index (χ4n) is 2.32. The molecule has 2 atom stereocenters. The molecular weight excluding hydrogens is 320 g/mol. The molecule has 0 radical (unpaired) electrons. The summed E-state index contributed by atoms with van der Waals surface area (Å²) in [5, 5.41) is 0. The molecule has 6 heteroatoms. The van der Waals surface area contributed by atoms with E-state index < -0.39 is 0 Å². The van der Waals surface area contributed by atoms with Crippen molar-refractivity contribution in [3.05, 3.63) is 22.6 Å². The number of nitrogens with zero attached hydrogens (tertiary/aromatic N) is 1. The van der Waals surface area contributed by atoms with Gasteiger partial charge in [0.2, 0.25) is 5.76 Å². The predicted molar refractivity (Wildman–Crippen MR) is 75.9 cm³/mol. The highest BCUT2D eigenvalue weighted by atomic mass is 79.9. The summed E-state index contributed by atoms with van der Waals surface area (Å²) in [6.07, 6.45) is 3.52. The van der Waals surface area contributed by atoms with Crippen LogP contribution in [-0.4, -0.2) is 29.9 Å². The Morgan fingerprint density at radius 3 is 2.94 bits per heavy atom. The van der Waals surface area contributed by atoms with Crippen molar-refractivity contribution in [2.24, 2.45) is 11.7 Å². The molecule has 0 aromatic carbocycles. The molecule has 2 rings (SSSR count). The molecule has 0 aliphatic carbocycles. The molecule has 1 aromatic heterocycles. The van der Waals surface area contributed by atoms with Crippen LogP contribution in [0, 0.1) is 5.92 Å². The molecule has 102 valence electrons. The fraction of sp³-hybridized carbons (Fsp3) is 0.583. The Bertz CT molecular complexity index is 411. The van der Waals surface area contributed by atoms with E-state index in [-0.39, 0.29) is 24.4 Å². The van der Waals surface area contributed by atoms with Gasteiger partial charge in [-0.3, -0.25) is 4.79 Å². The molecular formula is C12H18BrClN2O2. The fourth-order valence-corrected chi connectivity index (χ4v) is 2.69. The number of rotatable bonds is 2. The first-order chi connectivity index (χ1) is 8.13. The summed E-state index contributed by atoms with van der Waals surface area (Å²) in [6.45, 7) is 3.47. The van der Waals surface area contributed by atoms with Gasteiger partial charge in [0.15, 0.2) is 0 Å². The van der Waals surface area contributed by atoms with Crippen LogP contribution in [-0.2, 0) is 0 Å². The third-order valence-electron chi connectivity index (χ3n) is 3.32. The third-order valence-corrected chi connectivity index (χ3v) is 3.95. The first-order valence-corrected chi connectivity index (χ1v) is 6.66. The summed E-state index contributed by atoms with van der Waals surface area (Å²) in [7, 11) is 0. The predicted octanol–water partition coefficient (Wildman–Crippen LogP) is 2.66. The van der Waals surface area contributed by atoms with E-state index in [9.17, 15) is 4.79 Å². The van der Waals surface area contributed by atoms with Gasteiger partial charge in [0.25, 0.3) is 5.91 Å². The van der Waals surface area contributed by atoms with Crippen LogP contribution in [0.15, 0.2) is 21.2 Å². The van der Waals surface area contributed by atoms with Crippen LogP contribution >= 0.6 is 28.3 Å². The summed E-state index contributed by atoms with van der Waals surface area (Å²) < 4.78 is 5.93. The topological polar surface area (TPSA) is 59.5 Å². The van der Waals surface area contributed by atoms with Crippen molar-refractivity contribution in [2.75, 3.05) is 13.1 Å². The highest BCUT2D eigenvalue weighted by molar-refractivity contribution is 9.10. The van der Waals surface area contributed by atoms with Gasteiger partial charge in [0.1, 0.15) is 0 Å². The number of hydrogen-bond acceptors (Lipinski definition) is 3. The lowest BCUT2D eigenvalue weighted by Crippen LogP contribution is -2.49. The van der Waals surface area contributed by atoms with E-state index in [1.807, 2.05) is 4.90 Å². The zero-order valence-corrected chi connectivity index (χ0v) is 12.7. The van der Waals surface area contributed by atoms with E-state index >= 15 is 0 Å². The average Bonchev–Trinajstić information content (AvgIpc) is 2.74. The molecule has 1 aliphatic heterocycles. The number of carbonyl (C=O) groups excluding carboxylic acids is 1. The van der Waals surface area contributed by atoms with Crippen molar-refractivity contribution in [3.8, 4) is 0 Å². The second-order valence-electron chi connectivity index (χ2n) is 4.62. The Morgan fingerprint density at radius 1 is 1.67 bits per heavy atom. The Hall–Kier alpha value is -0.520. The van der Waals surface area contributed by atoms with Gasteiger partial charge < -0.3 is 15.1 Å². The van der Waals surface area contributed by atoms with Gasteiger partial charge in [0, 0.05) is 19.1 Å². The minimum absolute atomic E-state index is 0. The molecule has 2 heterocycles. The summed E-state index contributed by atoms with van der Waals surface area (Å²) in [5.74, 6) is 0.940. The maximum absolute atomic E-state index is 12.3. The number of piperidine rings is 1. The minimum Gasteiger partial charge on any atom is -0.458 e. The Balaban J connectivity index is 0.00000162. The zero-order valence-electron chi connectivity index (χ0n) is 10.3. The number of amides is 1. The van der Waals surface area contributed by atoms with Crippen LogP contribution in [0.4, 0.5) is 0 Å². The summed E-state index contributed by atoms with van der Waals surface area (Å²) >= 11 is 3.31. The molecule has 1 aromatic rings. The highest BCUT2D eigenvalue weighted by Crippen LogP contribution is 2.26. The van der Waals surface area contributed by atoms with Crippen LogP contribution in [0.3, 0.4) is 0 Å². The molecule has 0 bridgehead atoms. The average molecular weight is 338 g/mol. The molecule has 1 amide bonds. The quantitative estimate of drug-likeness (QED) is 0.902. The molecule has 1 saturated heterocycles. The minimum atomic E-state index is -0.0655. The molecule has 0 saturated carbocycles. The van der Waals surface area contributed by atoms with Gasteiger partial charge in [-0.05, 0) is 40.8 Å². The molecule has 4 nitrogen and oxygen atoms in total. The normalized spacial score (nSPS) is 23.6. The van der Waals surface area contributed by atoms with Crippen LogP contribution < -0.4 is 5.73 Å². The number of nitrogens with two attached hydrogens (primary N) is 1. The van der Waals surface area contributed by atoms with Crippen molar-refractivity contribution in [3.63, 3.8) is 0 Å². The maximum atomic E-state index is 12.3. The number of furan rings is 1. The van der Waals surface area contributed by atoms with E-state index in [4.69, 9.17) is 10.2 Å². The lowest BCUT2D eigenvalue weighted by atomic mass is 9.92.